The lowest BCUT2D eigenvalue weighted by Gasteiger charge is -2.13. The third kappa shape index (κ3) is 3.38. The van der Waals surface area contributed by atoms with E-state index < -0.39 is 10.2 Å². The predicted molar refractivity (Wildman–Crippen MR) is 58.7 cm³/mol. The Morgan fingerprint density at radius 2 is 2.14 bits per heavy atom. The van der Waals surface area contributed by atoms with Crippen molar-refractivity contribution in [3.05, 3.63) is 34.3 Å². The molecule has 0 unspecified atom stereocenters. The van der Waals surface area contributed by atoms with Crippen molar-refractivity contribution in [2.24, 2.45) is 5.14 Å². The largest absolute Gasteiger partial charge is 0.276 e. The molecule has 1 aromatic rings. The van der Waals surface area contributed by atoms with Crippen molar-refractivity contribution in [1.29, 1.82) is 0 Å². The maximum absolute atomic E-state index is 10.9. The zero-order valence-corrected chi connectivity index (χ0v) is 10.0. The van der Waals surface area contributed by atoms with Gasteiger partial charge in [-0.3, -0.25) is 0 Å². The summed E-state index contributed by atoms with van der Waals surface area (Å²) in [5.74, 6) is 0. The van der Waals surface area contributed by atoms with Crippen LogP contribution in [0.25, 0.3) is 0 Å². The SMILES string of the molecule is CN(Cc1cccc(Br)c1)S(N)(=O)=O. The lowest BCUT2D eigenvalue weighted by Crippen LogP contribution is -2.32. The molecule has 0 heterocycles. The fourth-order valence-corrected chi connectivity index (χ4v) is 1.76. The monoisotopic (exact) mass is 278 g/mol. The van der Waals surface area contributed by atoms with E-state index in [-0.39, 0.29) is 6.54 Å². The van der Waals surface area contributed by atoms with Crippen molar-refractivity contribution in [1.82, 2.24) is 4.31 Å². The summed E-state index contributed by atoms with van der Waals surface area (Å²) in [6.07, 6.45) is 0. The Morgan fingerprint density at radius 1 is 1.50 bits per heavy atom. The molecule has 0 radical (unpaired) electrons. The summed E-state index contributed by atoms with van der Waals surface area (Å²) < 4.78 is 23.8. The Labute approximate surface area is 92.0 Å². The van der Waals surface area contributed by atoms with E-state index in [1.54, 1.807) is 0 Å². The molecule has 0 aliphatic rings. The summed E-state index contributed by atoms with van der Waals surface area (Å²) in [6.45, 7) is 0.276. The molecule has 0 aliphatic heterocycles. The lowest BCUT2D eigenvalue weighted by atomic mass is 10.2. The maximum atomic E-state index is 10.9. The first kappa shape index (κ1) is 11.6. The molecule has 0 atom stereocenters. The predicted octanol–water partition coefficient (Wildman–Crippen LogP) is 1.08. The van der Waals surface area contributed by atoms with Crippen LogP contribution >= 0.6 is 15.9 Å². The van der Waals surface area contributed by atoms with Crippen molar-refractivity contribution in [2.75, 3.05) is 7.05 Å². The third-order valence-corrected chi connectivity index (χ3v) is 3.22. The molecule has 0 saturated carbocycles. The smallest absolute Gasteiger partial charge is 0.216 e. The van der Waals surface area contributed by atoms with Gasteiger partial charge in [-0.25, -0.2) is 5.14 Å². The van der Waals surface area contributed by atoms with Gasteiger partial charge in [0.1, 0.15) is 0 Å². The molecule has 0 spiro atoms. The summed E-state index contributed by atoms with van der Waals surface area (Å²) in [7, 11) is -2.16. The minimum atomic E-state index is -3.60. The number of benzene rings is 1. The van der Waals surface area contributed by atoms with Crippen LogP contribution in [-0.4, -0.2) is 19.8 Å². The van der Waals surface area contributed by atoms with Crippen molar-refractivity contribution in [2.45, 2.75) is 6.54 Å². The summed E-state index contributed by atoms with van der Waals surface area (Å²) >= 11 is 3.30. The van der Waals surface area contributed by atoms with Gasteiger partial charge >= 0.3 is 0 Å². The number of hydrogen-bond acceptors (Lipinski definition) is 2. The van der Waals surface area contributed by atoms with Gasteiger partial charge in [-0.2, -0.15) is 12.7 Å². The standard InChI is InChI=1S/C8H11BrN2O2S/c1-11(14(10,12)13)6-7-3-2-4-8(9)5-7/h2-5H,6H2,1H3,(H2,10,12,13). The second kappa shape index (κ2) is 4.39. The average Bonchev–Trinajstić information content (AvgIpc) is 2.02. The van der Waals surface area contributed by atoms with Crippen molar-refractivity contribution < 1.29 is 8.42 Å². The van der Waals surface area contributed by atoms with E-state index in [9.17, 15) is 8.42 Å². The highest BCUT2D eigenvalue weighted by Crippen LogP contribution is 2.13. The van der Waals surface area contributed by atoms with Gasteiger partial charge in [0.2, 0.25) is 0 Å². The van der Waals surface area contributed by atoms with E-state index in [4.69, 9.17) is 5.14 Å². The molecular weight excluding hydrogens is 268 g/mol. The van der Waals surface area contributed by atoms with Crippen LogP contribution in [-0.2, 0) is 16.8 Å². The van der Waals surface area contributed by atoms with E-state index in [2.05, 4.69) is 15.9 Å². The van der Waals surface area contributed by atoms with Crippen LogP contribution in [0.2, 0.25) is 0 Å². The fourth-order valence-electron chi connectivity index (χ4n) is 0.982. The summed E-state index contributed by atoms with van der Waals surface area (Å²) in [5, 5.41) is 4.95. The van der Waals surface area contributed by atoms with Crippen LogP contribution in [0.1, 0.15) is 5.56 Å². The topological polar surface area (TPSA) is 63.4 Å². The Hall–Kier alpha value is -0.430. The van der Waals surface area contributed by atoms with Gasteiger partial charge < -0.3 is 0 Å². The molecule has 6 heteroatoms. The summed E-state index contributed by atoms with van der Waals surface area (Å²) in [5.41, 5.74) is 0.885. The molecule has 0 aliphatic carbocycles. The van der Waals surface area contributed by atoms with Gasteiger partial charge in [0.25, 0.3) is 10.2 Å². The van der Waals surface area contributed by atoms with E-state index in [0.717, 1.165) is 14.3 Å². The normalized spacial score (nSPS) is 12.0. The molecule has 14 heavy (non-hydrogen) atoms. The van der Waals surface area contributed by atoms with Crippen molar-refractivity contribution >= 4 is 26.1 Å². The molecule has 0 fully saturated rings. The van der Waals surface area contributed by atoms with Crippen LogP contribution in [0.15, 0.2) is 28.7 Å². The van der Waals surface area contributed by atoms with Crippen LogP contribution in [0, 0.1) is 0 Å². The number of rotatable bonds is 3. The minimum absolute atomic E-state index is 0.276. The fraction of sp³-hybridized carbons (Fsp3) is 0.250. The second-order valence-electron chi connectivity index (χ2n) is 2.93. The Balaban J connectivity index is 2.80. The van der Waals surface area contributed by atoms with Crippen LogP contribution in [0.3, 0.4) is 0 Å². The second-order valence-corrected chi connectivity index (χ2v) is 5.50. The molecule has 1 rings (SSSR count). The Kier molecular flexibility index (Phi) is 3.65. The molecule has 0 bridgehead atoms. The molecular formula is C8H11BrN2O2S. The average molecular weight is 279 g/mol. The first-order chi connectivity index (χ1) is 6.39. The van der Waals surface area contributed by atoms with Crippen molar-refractivity contribution in [3.8, 4) is 0 Å². The summed E-state index contributed by atoms with van der Waals surface area (Å²) in [6, 6.07) is 7.41. The van der Waals surface area contributed by atoms with E-state index in [1.165, 1.54) is 7.05 Å². The third-order valence-electron chi connectivity index (χ3n) is 1.73. The number of hydrogen-bond donors (Lipinski definition) is 1. The highest BCUT2D eigenvalue weighted by Gasteiger charge is 2.11. The first-order valence-corrected chi connectivity index (χ1v) is 6.18. The lowest BCUT2D eigenvalue weighted by molar-refractivity contribution is 0.468. The molecule has 4 nitrogen and oxygen atoms in total. The molecule has 0 saturated heterocycles. The highest BCUT2D eigenvalue weighted by molar-refractivity contribution is 9.10. The van der Waals surface area contributed by atoms with Gasteiger partial charge in [0.05, 0.1) is 0 Å². The van der Waals surface area contributed by atoms with Gasteiger partial charge in [0, 0.05) is 18.1 Å². The number of nitrogens with two attached hydrogens (primary N) is 1. The Morgan fingerprint density at radius 3 is 2.64 bits per heavy atom. The molecule has 1 aromatic carbocycles. The number of halogens is 1. The quantitative estimate of drug-likeness (QED) is 0.900. The molecule has 0 amide bonds. The van der Waals surface area contributed by atoms with Crippen LogP contribution in [0.5, 0.6) is 0 Å². The molecule has 78 valence electrons. The van der Waals surface area contributed by atoms with Gasteiger partial charge in [-0.1, -0.05) is 28.1 Å². The van der Waals surface area contributed by atoms with Gasteiger partial charge in [-0.05, 0) is 17.7 Å². The zero-order valence-electron chi connectivity index (χ0n) is 7.64. The zero-order chi connectivity index (χ0) is 10.8. The Bertz CT molecular complexity index is 419. The summed E-state index contributed by atoms with van der Waals surface area (Å²) in [4.78, 5) is 0. The highest BCUT2D eigenvalue weighted by atomic mass is 79.9. The van der Waals surface area contributed by atoms with E-state index in [1.807, 2.05) is 24.3 Å². The van der Waals surface area contributed by atoms with Crippen LogP contribution < -0.4 is 5.14 Å². The van der Waals surface area contributed by atoms with Gasteiger partial charge in [-0.15, -0.1) is 0 Å². The molecule has 0 aromatic heterocycles. The van der Waals surface area contributed by atoms with Gasteiger partial charge in [0.15, 0.2) is 0 Å². The minimum Gasteiger partial charge on any atom is -0.216 e. The van der Waals surface area contributed by atoms with Crippen molar-refractivity contribution in [3.63, 3.8) is 0 Å². The number of nitrogens with zero attached hydrogens (tertiary/aromatic N) is 1. The van der Waals surface area contributed by atoms with Crippen LogP contribution in [0.4, 0.5) is 0 Å². The van der Waals surface area contributed by atoms with E-state index >= 15 is 0 Å². The maximum Gasteiger partial charge on any atom is 0.276 e. The first-order valence-electron chi connectivity index (χ1n) is 3.88. The molecule has 2 N–H and O–H groups in total. The van der Waals surface area contributed by atoms with E-state index in [0.29, 0.717) is 0 Å².